The molecule has 1 aliphatic heterocycles. The van der Waals surface area contributed by atoms with Crippen LogP contribution in [0.25, 0.3) is 0 Å². The summed E-state index contributed by atoms with van der Waals surface area (Å²) >= 11 is 0. The predicted molar refractivity (Wildman–Crippen MR) is 174 cm³/mol. The molecule has 1 rings (SSSR count). The lowest BCUT2D eigenvalue weighted by Crippen LogP contribution is -2.33. The summed E-state index contributed by atoms with van der Waals surface area (Å²) in [5.74, 6) is -0.613. The van der Waals surface area contributed by atoms with Gasteiger partial charge in [0.25, 0.3) is 11.8 Å². The lowest BCUT2D eigenvalue weighted by atomic mass is 10.5. The Balaban J connectivity index is 1.62. The number of hydrogen-bond acceptors (Lipinski definition) is 15. The molecule has 282 valence electrons. The second-order valence-electron chi connectivity index (χ2n) is 10.3. The summed E-state index contributed by atoms with van der Waals surface area (Å²) in [6.45, 7) is 13.0. The summed E-state index contributed by atoms with van der Waals surface area (Å²) in [5, 5.41) is 0. The molecular weight excluding hydrogens is 636 g/mol. The maximum absolute atomic E-state index is 11.4. The first-order valence-electron chi connectivity index (χ1n) is 16.7. The molecule has 0 spiro atoms. The van der Waals surface area contributed by atoms with Gasteiger partial charge in [0.1, 0.15) is 0 Å². The molecule has 0 aliphatic carbocycles. The molecular formula is C32H60N2O14. The van der Waals surface area contributed by atoms with E-state index in [0.717, 1.165) is 11.4 Å². The molecule has 16 heteroatoms. The minimum absolute atomic E-state index is 0.239. The SMILES string of the molecule is CN(C)CCOCCOCCOCCOCCOCCOCCOCCOCCOCCOCCOCCOCCN1C(=O)C=CC1=O. The van der Waals surface area contributed by atoms with Gasteiger partial charge in [-0.2, -0.15) is 0 Å². The van der Waals surface area contributed by atoms with E-state index in [9.17, 15) is 9.59 Å². The van der Waals surface area contributed by atoms with Crippen molar-refractivity contribution in [3.05, 3.63) is 12.2 Å². The van der Waals surface area contributed by atoms with Gasteiger partial charge in [-0.3, -0.25) is 14.5 Å². The van der Waals surface area contributed by atoms with Crippen molar-refractivity contribution in [2.75, 3.05) is 186 Å². The van der Waals surface area contributed by atoms with Crippen LogP contribution in [0.5, 0.6) is 0 Å². The Morgan fingerprint density at radius 3 is 0.812 bits per heavy atom. The molecule has 0 aromatic heterocycles. The van der Waals surface area contributed by atoms with Gasteiger partial charge >= 0.3 is 0 Å². The lowest BCUT2D eigenvalue weighted by Gasteiger charge is -2.13. The molecule has 1 heterocycles. The molecule has 0 radical (unpaired) electrons. The van der Waals surface area contributed by atoms with E-state index >= 15 is 0 Å². The summed E-state index contributed by atoms with van der Waals surface area (Å²) < 4.78 is 65.4. The van der Waals surface area contributed by atoms with Crippen molar-refractivity contribution in [2.45, 2.75) is 0 Å². The van der Waals surface area contributed by atoms with Gasteiger partial charge in [0.15, 0.2) is 0 Å². The van der Waals surface area contributed by atoms with Crippen molar-refractivity contribution < 1.29 is 66.4 Å². The molecule has 16 nitrogen and oxygen atoms in total. The maximum atomic E-state index is 11.4. The Hall–Kier alpha value is -1.64. The quantitative estimate of drug-likeness (QED) is 0.0609. The number of amides is 2. The van der Waals surface area contributed by atoms with Gasteiger partial charge in [-0.1, -0.05) is 0 Å². The fourth-order valence-corrected chi connectivity index (χ4v) is 3.58. The van der Waals surface area contributed by atoms with Crippen molar-refractivity contribution in [1.82, 2.24) is 9.80 Å². The van der Waals surface area contributed by atoms with Crippen LogP contribution in [-0.2, 0) is 66.4 Å². The number of carbonyl (C=O) groups excluding carboxylic acids is 2. The molecule has 0 saturated carbocycles. The van der Waals surface area contributed by atoms with Crippen LogP contribution in [0.15, 0.2) is 12.2 Å². The second kappa shape index (κ2) is 35.2. The summed E-state index contributed by atoms with van der Waals surface area (Å²) in [4.78, 5) is 26.0. The number of carbonyl (C=O) groups is 2. The minimum atomic E-state index is -0.307. The van der Waals surface area contributed by atoms with Crippen LogP contribution < -0.4 is 0 Å². The normalized spacial score (nSPS) is 13.2. The highest BCUT2D eigenvalue weighted by Gasteiger charge is 2.22. The Morgan fingerprint density at radius 2 is 0.583 bits per heavy atom. The van der Waals surface area contributed by atoms with Gasteiger partial charge < -0.3 is 61.7 Å². The Morgan fingerprint density at radius 1 is 0.375 bits per heavy atom. The standard InChI is InChI=1S/C32H60N2O14/c1-33(2)5-7-37-9-11-39-13-15-41-17-19-43-21-23-45-25-27-47-29-30-48-28-26-46-24-22-44-20-18-42-16-14-40-12-10-38-8-6-34-31(35)3-4-32(34)36/h3-4H,5-30H2,1-2H3. The molecule has 0 bridgehead atoms. The fourth-order valence-electron chi connectivity index (χ4n) is 3.58. The van der Waals surface area contributed by atoms with Gasteiger partial charge in [-0.25, -0.2) is 0 Å². The molecule has 0 N–H and O–H groups in total. The van der Waals surface area contributed by atoms with Gasteiger partial charge in [0, 0.05) is 18.7 Å². The number of imide groups is 1. The van der Waals surface area contributed by atoms with Crippen LogP contribution in [0.2, 0.25) is 0 Å². The highest BCUT2D eigenvalue weighted by Crippen LogP contribution is 2.02. The van der Waals surface area contributed by atoms with Gasteiger partial charge in [0.2, 0.25) is 0 Å². The average molecular weight is 697 g/mol. The van der Waals surface area contributed by atoms with E-state index in [1.54, 1.807) is 0 Å². The lowest BCUT2D eigenvalue weighted by molar-refractivity contribution is -0.137. The van der Waals surface area contributed by atoms with Crippen LogP contribution in [-0.4, -0.2) is 207 Å². The monoisotopic (exact) mass is 696 g/mol. The first kappa shape index (κ1) is 44.4. The molecule has 0 fully saturated rings. The first-order chi connectivity index (χ1) is 23.6. The van der Waals surface area contributed by atoms with Crippen LogP contribution in [0.4, 0.5) is 0 Å². The van der Waals surface area contributed by atoms with Crippen LogP contribution in [0.1, 0.15) is 0 Å². The second-order valence-corrected chi connectivity index (χ2v) is 10.3. The van der Waals surface area contributed by atoms with Crippen LogP contribution in [0, 0.1) is 0 Å². The van der Waals surface area contributed by atoms with Crippen molar-refractivity contribution >= 4 is 11.8 Å². The molecule has 0 unspecified atom stereocenters. The van der Waals surface area contributed by atoms with E-state index < -0.39 is 0 Å². The molecule has 1 aliphatic rings. The highest BCUT2D eigenvalue weighted by atomic mass is 16.6. The molecule has 48 heavy (non-hydrogen) atoms. The van der Waals surface area contributed by atoms with Crippen molar-refractivity contribution in [3.63, 3.8) is 0 Å². The molecule has 0 aromatic carbocycles. The summed E-state index contributed by atoms with van der Waals surface area (Å²) in [7, 11) is 4.03. The molecule has 2 amide bonds. The summed E-state index contributed by atoms with van der Waals surface area (Å²) in [6, 6.07) is 0. The van der Waals surface area contributed by atoms with Crippen molar-refractivity contribution in [3.8, 4) is 0 Å². The average Bonchev–Trinajstić information content (AvgIpc) is 3.40. The van der Waals surface area contributed by atoms with E-state index in [-0.39, 0.29) is 25.0 Å². The van der Waals surface area contributed by atoms with E-state index in [1.807, 2.05) is 14.1 Å². The Kier molecular flexibility index (Phi) is 32.5. The fraction of sp³-hybridized carbons (Fsp3) is 0.875. The maximum Gasteiger partial charge on any atom is 0.253 e. The number of likely N-dealkylation sites (N-methyl/N-ethyl adjacent to an activating group) is 1. The molecule has 0 saturated heterocycles. The van der Waals surface area contributed by atoms with Crippen molar-refractivity contribution in [1.29, 1.82) is 0 Å². The third kappa shape index (κ3) is 30.4. The van der Waals surface area contributed by atoms with E-state index in [2.05, 4.69) is 4.90 Å². The van der Waals surface area contributed by atoms with E-state index in [4.69, 9.17) is 56.8 Å². The third-order valence-corrected chi connectivity index (χ3v) is 6.13. The zero-order valence-electron chi connectivity index (χ0n) is 29.1. The number of ether oxygens (including phenoxy) is 12. The zero-order chi connectivity index (χ0) is 34.6. The molecule has 0 aromatic rings. The Bertz CT molecular complexity index is 744. The minimum Gasteiger partial charge on any atom is -0.378 e. The van der Waals surface area contributed by atoms with Crippen LogP contribution >= 0.6 is 0 Å². The number of hydrogen-bond donors (Lipinski definition) is 0. The summed E-state index contributed by atoms with van der Waals surface area (Å²) in [5.41, 5.74) is 0. The van der Waals surface area contributed by atoms with Crippen molar-refractivity contribution in [2.24, 2.45) is 0 Å². The van der Waals surface area contributed by atoms with Crippen LogP contribution in [0.3, 0.4) is 0 Å². The van der Waals surface area contributed by atoms with E-state index in [1.165, 1.54) is 12.2 Å². The largest absolute Gasteiger partial charge is 0.378 e. The third-order valence-electron chi connectivity index (χ3n) is 6.13. The topological polar surface area (TPSA) is 151 Å². The van der Waals surface area contributed by atoms with Gasteiger partial charge in [0.05, 0.1) is 165 Å². The Labute approximate surface area is 286 Å². The van der Waals surface area contributed by atoms with Gasteiger partial charge in [-0.15, -0.1) is 0 Å². The molecule has 0 atom stereocenters. The van der Waals surface area contributed by atoms with E-state index in [0.29, 0.717) is 152 Å². The summed E-state index contributed by atoms with van der Waals surface area (Å²) in [6.07, 6.45) is 2.51. The highest BCUT2D eigenvalue weighted by molar-refractivity contribution is 6.12. The van der Waals surface area contributed by atoms with Gasteiger partial charge in [-0.05, 0) is 14.1 Å². The number of nitrogens with zero attached hydrogens (tertiary/aromatic N) is 2. The zero-order valence-corrected chi connectivity index (χ0v) is 29.1. The first-order valence-corrected chi connectivity index (χ1v) is 16.7. The smallest absolute Gasteiger partial charge is 0.253 e. The number of rotatable bonds is 39. The predicted octanol–water partition coefficient (Wildman–Crippen LogP) is -0.328.